The van der Waals surface area contributed by atoms with Gasteiger partial charge in [-0.2, -0.15) is 0 Å². The molecule has 1 fully saturated rings. The summed E-state index contributed by atoms with van der Waals surface area (Å²) in [6.45, 7) is 9.63. The van der Waals surface area contributed by atoms with Gasteiger partial charge in [-0.1, -0.05) is 6.92 Å². The smallest absolute Gasteiger partial charge is 0.318 e. The maximum absolute atomic E-state index is 12.7. The summed E-state index contributed by atoms with van der Waals surface area (Å²) in [7, 11) is 1.69. The molecule has 0 unspecified atom stereocenters. The number of ether oxygens (including phenoxy) is 2. The summed E-state index contributed by atoms with van der Waals surface area (Å²) >= 11 is 0. The van der Waals surface area contributed by atoms with Crippen LogP contribution in [0.2, 0.25) is 0 Å². The van der Waals surface area contributed by atoms with Crippen LogP contribution in [0, 0.1) is 0 Å². The van der Waals surface area contributed by atoms with Gasteiger partial charge in [-0.05, 0) is 39.3 Å². The molecule has 0 aliphatic carbocycles. The van der Waals surface area contributed by atoms with Crippen LogP contribution in [0.1, 0.15) is 51.7 Å². The molecule has 1 N–H and O–H groups in total. The molecule has 2 heterocycles. The van der Waals surface area contributed by atoms with Gasteiger partial charge in [-0.15, -0.1) is 0 Å². The Morgan fingerprint density at radius 1 is 1.50 bits per heavy atom. The molecule has 1 aromatic heterocycles. The van der Waals surface area contributed by atoms with Crippen molar-refractivity contribution < 1.29 is 18.7 Å². The zero-order valence-electron chi connectivity index (χ0n) is 15.4. The molecule has 1 aliphatic heterocycles. The van der Waals surface area contributed by atoms with Crippen molar-refractivity contribution in [3.63, 3.8) is 0 Å². The van der Waals surface area contributed by atoms with Crippen molar-refractivity contribution in [2.45, 2.75) is 58.2 Å². The van der Waals surface area contributed by atoms with E-state index in [1.54, 1.807) is 12.0 Å². The second-order valence-electron chi connectivity index (χ2n) is 6.96. The largest absolute Gasteiger partial charge is 0.464 e. The van der Waals surface area contributed by atoms with Crippen LogP contribution < -0.4 is 5.32 Å². The van der Waals surface area contributed by atoms with E-state index in [0.717, 1.165) is 24.4 Å². The minimum atomic E-state index is -0.270. The Hall–Kier alpha value is -1.53. The number of nitrogens with one attached hydrogen (secondary N) is 1. The predicted molar refractivity (Wildman–Crippen MR) is 92.1 cm³/mol. The Bertz CT molecular complexity index is 541. The van der Waals surface area contributed by atoms with Crippen LogP contribution in [0.15, 0.2) is 16.5 Å². The van der Waals surface area contributed by atoms with E-state index in [2.05, 4.69) is 5.32 Å². The fraction of sp³-hybridized carbons (Fsp3) is 0.722. The van der Waals surface area contributed by atoms with Crippen molar-refractivity contribution in [1.82, 2.24) is 10.2 Å². The highest BCUT2D eigenvalue weighted by molar-refractivity contribution is 5.75. The lowest BCUT2D eigenvalue weighted by Gasteiger charge is -2.36. The molecule has 0 aromatic carbocycles. The Morgan fingerprint density at radius 2 is 2.25 bits per heavy atom. The molecule has 6 nitrogen and oxygen atoms in total. The third kappa shape index (κ3) is 4.74. The summed E-state index contributed by atoms with van der Waals surface area (Å²) in [6.07, 6.45) is 1.58. The number of hydrogen-bond donors (Lipinski definition) is 1. The first-order valence-corrected chi connectivity index (χ1v) is 8.65. The maximum atomic E-state index is 12.7. The van der Waals surface area contributed by atoms with Crippen LogP contribution in [0.5, 0.6) is 0 Å². The lowest BCUT2D eigenvalue weighted by Crippen LogP contribution is -2.51. The van der Waals surface area contributed by atoms with E-state index in [9.17, 15) is 4.79 Å². The van der Waals surface area contributed by atoms with Crippen LogP contribution in [-0.4, -0.2) is 49.4 Å². The molecule has 24 heavy (non-hydrogen) atoms. The van der Waals surface area contributed by atoms with Crippen molar-refractivity contribution in [3.8, 4) is 0 Å². The second kappa shape index (κ2) is 8.03. The van der Waals surface area contributed by atoms with Gasteiger partial charge in [0.05, 0.1) is 18.8 Å². The van der Waals surface area contributed by atoms with E-state index in [4.69, 9.17) is 13.9 Å². The monoisotopic (exact) mass is 338 g/mol. The number of urea groups is 1. The third-order valence-corrected chi connectivity index (χ3v) is 4.47. The van der Waals surface area contributed by atoms with Crippen LogP contribution in [0.25, 0.3) is 0 Å². The molecule has 0 radical (unpaired) electrons. The van der Waals surface area contributed by atoms with Gasteiger partial charge in [0.1, 0.15) is 17.6 Å². The van der Waals surface area contributed by atoms with E-state index < -0.39 is 0 Å². The van der Waals surface area contributed by atoms with E-state index >= 15 is 0 Å². The second-order valence-corrected chi connectivity index (χ2v) is 6.96. The lowest BCUT2D eigenvalue weighted by atomic mass is 10.00. The van der Waals surface area contributed by atoms with Crippen LogP contribution in [-0.2, 0) is 15.9 Å². The Balaban J connectivity index is 2.02. The molecule has 0 saturated carbocycles. The van der Waals surface area contributed by atoms with Gasteiger partial charge in [0, 0.05) is 26.1 Å². The molecule has 2 amide bonds. The highest BCUT2D eigenvalue weighted by atomic mass is 16.5. The van der Waals surface area contributed by atoms with E-state index in [-0.39, 0.29) is 23.7 Å². The molecular formula is C18H30N2O4. The standard InChI is InChI=1S/C18H30N2O4/c1-6-14-7-8-16(24-14)15-12-23-10-9-20(15)17(21)19-13(2)11-18(3,4)22-5/h7-8,13,15H,6,9-12H2,1-5H3,(H,19,21)/t13-,15-/m1/s1. The maximum Gasteiger partial charge on any atom is 0.318 e. The molecule has 0 bridgehead atoms. The van der Waals surface area contributed by atoms with Crippen molar-refractivity contribution in [1.29, 1.82) is 0 Å². The number of methoxy groups -OCH3 is 1. The Kier molecular flexibility index (Phi) is 6.29. The van der Waals surface area contributed by atoms with Crippen molar-refractivity contribution in [2.24, 2.45) is 0 Å². The van der Waals surface area contributed by atoms with Crippen LogP contribution in [0.3, 0.4) is 0 Å². The molecule has 2 atom stereocenters. The van der Waals surface area contributed by atoms with Gasteiger partial charge in [0.2, 0.25) is 0 Å². The van der Waals surface area contributed by atoms with E-state index in [1.807, 2.05) is 39.8 Å². The third-order valence-electron chi connectivity index (χ3n) is 4.47. The minimum absolute atomic E-state index is 0.0127. The highest BCUT2D eigenvalue weighted by Gasteiger charge is 2.32. The first-order chi connectivity index (χ1) is 11.4. The van der Waals surface area contributed by atoms with Crippen LogP contribution >= 0.6 is 0 Å². The summed E-state index contributed by atoms with van der Waals surface area (Å²) < 4.78 is 16.8. The summed E-state index contributed by atoms with van der Waals surface area (Å²) in [5.41, 5.74) is -0.270. The van der Waals surface area contributed by atoms with Crippen molar-refractivity contribution in [2.75, 3.05) is 26.9 Å². The number of rotatable bonds is 6. The molecule has 1 aromatic rings. The lowest BCUT2D eigenvalue weighted by molar-refractivity contribution is -0.00170. The van der Waals surface area contributed by atoms with Gasteiger partial charge >= 0.3 is 6.03 Å². The predicted octanol–water partition coefficient (Wildman–Crippen LogP) is 3.13. The number of furan rings is 1. The average molecular weight is 338 g/mol. The van der Waals surface area contributed by atoms with Crippen LogP contribution in [0.4, 0.5) is 4.79 Å². The van der Waals surface area contributed by atoms with Crippen molar-refractivity contribution >= 4 is 6.03 Å². The van der Waals surface area contributed by atoms with Gasteiger partial charge in [-0.25, -0.2) is 4.79 Å². The zero-order chi connectivity index (χ0) is 17.7. The molecule has 6 heteroatoms. The fourth-order valence-electron chi connectivity index (χ4n) is 3.01. The molecule has 2 rings (SSSR count). The minimum Gasteiger partial charge on any atom is -0.464 e. The molecule has 1 aliphatic rings. The van der Waals surface area contributed by atoms with Crippen molar-refractivity contribution in [3.05, 3.63) is 23.7 Å². The zero-order valence-corrected chi connectivity index (χ0v) is 15.4. The first kappa shape index (κ1) is 18.8. The fourth-order valence-corrected chi connectivity index (χ4v) is 3.01. The molecule has 0 spiro atoms. The van der Waals surface area contributed by atoms with E-state index in [0.29, 0.717) is 19.8 Å². The van der Waals surface area contributed by atoms with Gasteiger partial charge < -0.3 is 24.1 Å². The molecular weight excluding hydrogens is 308 g/mol. The molecule has 1 saturated heterocycles. The normalized spacial score (nSPS) is 20.0. The summed E-state index contributed by atoms with van der Waals surface area (Å²) in [5.74, 6) is 1.71. The average Bonchev–Trinajstić information content (AvgIpc) is 3.03. The first-order valence-electron chi connectivity index (χ1n) is 8.65. The summed E-state index contributed by atoms with van der Waals surface area (Å²) in [5, 5.41) is 3.07. The number of carbonyl (C=O) groups is 1. The van der Waals surface area contributed by atoms with Gasteiger partial charge in [0.25, 0.3) is 0 Å². The Morgan fingerprint density at radius 3 is 2.88 bits per heavy atom. The molecule has 136 valence electrons. The quantitative estimate of drug-likeness (QED) is 0.865. The number of aryl methyl sites for hydroxylation is 1. The SMILES string of the molecule is CCc1ccc([C@H]2COCCN2C(=O)N[C@H](C)CC(C)(C)OC)o1. The van der Waals surface area contributed by atoms with E-state index in [1.165, 1.54) is 0 Å². The Labute approximate surface area is 144 Å². The number of morpholine rings is 1. The van der Waals surface area contributed by atoms with Gasteiger partial charge in [0.15, 0.2) is 0 Å². The number of carbonyl (C=O) groups excluding carboxylic acids is 1. The highest BCUT2D eigenvalue weighted by Crippen LogP contribution is 2.26. The summed E-state index contributed by atoms with van der Waals surface area (Å²) in [4.78, 5) is 14.5. The topological polar surface area (TPSA) is 63.9 Å². The number of hydrogen-bond acceptors (Lipinski definition) is 4. The summed E-state index contributed by atoms with van der Waals surface area (Å²) in [6, 6.07) is 3.65. The number of amides is 2. The van der Waals surface area contributed by atoms with Gasteiger partial charge in [-0.3, -0.25) is 0 Å². The number of nitrogens with zero attached hydrogens (tertiary/aromatic N) is 1.